The molecule has 2 aromatic carbocycles. The summed E-state index contributed by atoms with van der Waals surface area (Å²) < 4.78 is 11.1. The Balaban J connectivity index is 1.86. The molecule has 2 rings (SSSR count). The maximum absolute atomic E-state index is 12.2. The van der Waals surface area contributed by atoms with E-state index in [2.05, 4.69) is 6.92 Å². The maximum atomic E-state index is 12.2. The predicted octanol–water partition coefficient (Wildman–Crippen LogP) is 6.62. The molecule has 0 radical (unpaired) electrons. The Kier molecular flexibility index (Phi) is 10.1. The summed E-state index contributed by atoms with van der Waals surface area (Å²) in [5.41, 5.74) is 2.50. The molecule has 0 amide bonds. The molecule has 0 aliphatic carbocycles. The highest BCUT2D eigenvalue weighted by atomic mass is 16.5. The van der Waals surface area contributed by atoms with Crippen molar-refractivity contribution < 1.29 is 19.1 Å². The average molecular weight is 411 g/mol. The van der Waals surface area contributed by atoms with Gasteiger partial charge in [0.15, 0.2) is 11.9 Å². The van der Waals surface area contributed by atoms with Gasteiger partial charge < -0.3 is 9.47 Å². The van der Waals surface area contributed by atoms with Crippen molar-refractivity contribution in [3.63, 3.8) is 0 Å². The lowest BCUT2D eigenvalue weighted by molar-refractivity contribution is -0.126. The second-order valence-electron chi connectivity index (χ2n) is 7.63. The highest BCUT2D eigenvalue weighted by Gasteiger charge is 2.18. The molecule has 0 aliphatic heterocycles. The van der Waals surface area contributed by atoms with Crippen LogP contribution >= 0.6 is 0 Å². The Labute approximate surface area is 180 Å². The maximum Gasteiger partial charge on any atom is 0.338 e. The summed E-state index contributed by atoms with van der Waals surface area (Å²) in [6, 6.07) is 15.2. The zero-order valence-corrected chi connectivity index (χ0v) is 18.5. The van der Waals surface area contributed by atoms with Crippen LogP contribution in [0.15, 0.2) is 48.5 Å². The highest BCUT2D eigenvalue weighted by Crippen LogP contribution is 2.23. The molecular weight excluding hydrogens is 376 g/mol. The van der Waals surface area contributed by atoms with E-state index in [0.717, 1.165) is 36.3 Å². The lowest BCUT2D eigenvalue weighted by Gasteiger charge is -2.12. The van der Waals surface area contributed by atoms with Crippen LogP contribution in [0.25, 0.3) is 11.1 Å². The lowest BCUT2D eigenvalue weighted by Crippen LogP contribution is -2.24. The Bertz CT molecular complexity index is 778. The van der Waals surface area contributed by atoms with Gasteiger partial charge in [0.25, 0.3) is 0 Å². The highest BCUT2D eigenvalue weighted by molar-refractivity contribution is 5.93. The number of benzene rings is 2. The molecule has 30 heavy (non-hydrogen) atoms. The number of Topliss-reactive ketones (excluding diaryl/α,β-unsaturated/α-hetero) is 1. The Morgan fingerprint density at radius 2 is 1.40 bits per heavy atom. The van der Waals surface area contributed by atoms with E-state index in [9.17, 15) is 9.59 Å². The fourth-order valence-electron chi connectivity index (χ4n) is 3.18. The Morgan fingerprint density at radius 3 is 2.00 bits per heavy atom. The fraction of sp³-hybridized carbons (Fsp3) is 0.462. The first-order valence-electron chi connectivity index (χ1n) is 11.1. The van der Waals surface area contributed by atoms with Crippen molar-refractivity contribution in [2.45, 2.75) is 71.8 Å². The monoisotopic (exact) mass is 410 g/mol. The third kappa shape index (κ3) is 7.66. The third-order valence-corrected chi connectivity index (χ3v) is 5.06. The standard InChI is InChI=1S/C26H34O4/c1-4-6-7-8-9-19-29-24-17-15-22(16-18-24)21-11-13-23(14-12-21)26(28)30-20(3)25(27)10-5-2/h11-18,20H,4-10,19H2,1-3H3. The van der Waals surface area contributed by atoms with E-state index in [1.54, 1.807) is 19.1 Å². The van der Waals surface area contributed by atoms with Gasteiger partial charge in [-0.1, -0.05) is 63.8 Å². The number of rotatable bonds is 13. The summed E-state index contributed by atoms with van der Waals surface area (Å²) in [5.74, 6) is 0.354. The van der Waals surface area contributed by atoms with Gasteiger partial charge in [0.1, 0.15) is 5.75 Å². The summed E-state index contributed by atoms with van der Waals surface area (Å²) in [4.78, 5) is 24.1. The van der Waals surface area contributed by atoms with Crippen molar-refractivity contribution in [2.24, 2.45) is 0 Å². The molecule has 0 fully saturated rings. The molecule has 0 spiro atoms. The van der Waals surface area contributed by atoms with Gasteiger partial charge in [-0.3, -0.25) is 4.79 Å². The van der Waals surface area contributed by atoms with Gasteiger partial charge in [0.05, 0.1) is 12.2 Å². The van der Waals surface area contributed by atoms with Crippen molar-refractivity contribution in [1.82, 2.24) is 0 Å². The quantitative estimate of drug-likeness (QED) is 0.275. The second-order valence-corrected chi connectivity index (χ2v) is 7.63. The van der Waals surface area contributed by atoms with E-state index in [-0.39, 0.29) is 5.78 Å². The summed E-state index contributed by atoms with van der Waals surface area (Å²) in [5, 5.41) is 0. The molecule has 2 aromatic rings. The second kappa shape index (κ2) is 12.8. The van der Waals surface area contributed by atoms with Gasteiger partial charge in [-0.15, -0.1) is 0 Å². The minimum atomic E-state index is -0.712. The predicted molar refractivity (Wildman–Crippen MR) is 121 cm³/mol. The van der Waals surface area contributed by atoms with E-state index in [4.69, 9.17) is 9.47 Å². The molecule has 162 valence electrons. The first-order chi connectivity index (χ1) is 14.5. The largest absolute Gasteiger partial charge is 0.494 e. The van der Waals surface area contributed by atoms with E-state index in [1.807, 2.05) is 43.3 Å². The topological polar surface area (TPSA) is 52.6 Å². The SMILES string of the molecule is CCCCCCCOc1ccc(-c2ccc(C(=O)OC(C)C(=O)CCC)cc2)cc1. The molecular formula is C26H34O4. The zero-order chi connectivity index (χ0) is 21.8. The van der Waals surface area contributed by atoms with Crippen molar-refractivity contribution in [2.75, 3.05) is 6.61 Å². The molecule has 0 N–H and O–H groups in total. The first-order valence-corrected chi connectivity index (χ1v) is 11.1. The van der Waals surface area contributed by atoms with E-state index in [0.29, 0.717) is 12.0 Å². The Hall–Kier alpha value is -2.62. The number of ether oxygens (including phenoxy) is 2. The average Bonchev–Trinajstić information content (AvgIpc) is 2.77. The summed E-state index contributed by atoms with van der Waals surface area (Å²) in [7, 11) is 0. The molecule has 0 saturated heterocycles. The molecule has 0 heterocycles. The minimum Gasteiger partial charge on any atom is -0.494 e. The van der Waals surface area contributed by atoms with Crippen molar-refractivity contribution in [3.8, 4) is 16.9 Å². The van der Waals surface area contributed by atoms with Gasteiger partial charge >= 0.3 is 5.97 Å². The van der Waals surface area contributed by atoms with Crippen molar-refractivity contribution in [1.29, 1.82) is 0 Å². The van der Waals surface area contributed by atoms with Crippen LogP contribution in [0.5, 0.6) is 5.75 Å². The number of unbranched alkanes of at least 4 members (excludes halogenated alkanes) is 4. The van der Waals surface area contributed by atoms with Crippen molar-refractivity contribution >= 4 is 11.8 Å². The normalized spacial score (nSPS) is 11.7. The van der Waals surface area contributed by atoms with Gasteiger partial charge in [0.2, 0.25) is 0 Å². The van der Waals surface area contributed by atoms with Crippen LogP contribution in [0, 0.1) is 0 Å². The molecule has 0 aromatic heterocycles. The molecule has 0 aliphatic rings. The Morgan fingerprint density at radius 1 is 0.800 bits per heavy atom. The number of hydrogen-bond acceptors (Lipinski definition) is 4. The van der Waals surface area contributed by atoms with Gasteiger partial charge in [-0.05, 0) is 55.2 Å². The van der Waals surface area contributed by atoms with Crippen molar-refractivity contribution in [3.05, 3.63) is 54.1 Å². The third-order valence-electron chi connectivity index (χ3n) is 5.06. The number of esters is 1. The molecule has 0 saturated carbocycles. The van der Waals surface area contributed by atoms with Gasteiger partial charge in [0, 0.05) is 6.42 Å². The van der Waals surface area contributed by atoms with Gasteiger partial charge in [-0.25, -0.2) is 4.79 Å². The molecule has 1 unspecified atom stereocenters. The van der Waals surface area contributed by atoms with Crippen LogP contribution in [0.4, 0.5) is 0 Å². The van der Waals surface area contributed by atoms with Crippen LogP contribution in [0.3, 0.4) is 0 Å². The molecule has 4 nitrogen and oxygen atoms in total. The summed E-state index contributed by atoms with van der Waals surface area (Å²) >= 11 is 0. The number of hydrogen-bond donors (Lipinski definition) is 0. The number of carbonyl (C=O) groups excluding carboxylic acids is 2. The van der Waals surface area contributed by atoms with Gasteiger partial charge in [-0.2, -0.15) is 0 Å². The van der Waals surface area contributed by atoms with E-state index < -0.39 is 12.1 Å². The van der Waals surface area contributed by atoms with Crippen LogP contribution in [-0.2, 0) is 9.53 Å². The fourth-order valence-corrected chi connectivity index (χ4v) is 3.18. The van der Waals surface area contributed by atoms with Crippen LogP contribution in [-0.4, -0.2) is 24.5 Å². The van der Waals surface area contributed by atoms with Crippen LogP contribution in [0.1, 0.15) is 76.1 Å². The van der Waals surface area contributed by atoms with E-state index >= 15 is 0 Å². The summed E-state index contributed by atoms with van der Waals surface area (Å²) in [6.07, 6.45) is 6.58. The number of ketones is 1. The summed E-state index contributed by atoms with van der Waals surface area (Å²) in [6.45, 7) is 6.52. The molecule has 0 bridgehead atoms. The molecule has 4 heteroatoms. The smallest absolute Gasteiger partial charge is 0.338 e. The van der Waals surface area contributed by atoms with Crippen LogP contribution in [0.2, 0.25) is 0 Å². The van der Waals surface area contributed by atoms with E-state index in [1.165, 1.54) is 25.7 Å². The first kappa shape index (κ1) is 23.7. The molecule has 1 atom stereocenters. The number of carbonyl (C=O) groups is 2. The van der Waals surface area contributed by atoms with Crippen LogP contribution < -0.4 is 4.74 Å². The minimum absolute atomic E-state index is 0.0502. The lowest BCUT2D eigenvalue weighted by atomic mass is 10.0. The zero-order valence-electron chi connectivity index (χ0n) is 18.5.